The van der Waals surface area contributed by atoms with Crippen LogP contribution in [-0.4, -0.2) is 28.7 Å². The van der Waals surface area contributed by atoms with Gasteiger partial charge in [0, 0.05) is 17.8 Å². The molecule has 0 aliphatic carbocycles. The zero-order valence-electron chi connectivity index (χ0n) is 8.85. The molecule has 1 rings (SSSR count). The molecule has 0 fully saturated rings. The van der Waals surface area contributed by atoms with Crippen LogP contribution in [0, 0.1) is 0 Å². The molecule has 0 spiro atoms. The average molecular weight is 265 g/mol. The van der Waals surface area contributed by atoms with Crippen LogP contribution in [0.4, 0.5) is 0 Å². The molecule has 0 unspecified atom stereocenters. The van der Waals surface area contributed by atoms with Crippen LogP contribution < -0.4 is 4.74 Å². The summed E-state index contributed by atoms with van der Waals surface area (Å²) in [7, 11) is 3.23. The van der Waals surface area contributed by atoms with Gasteiger partial charge >= 0.3 is 0 Å². The van der Waals surface area contributed by atoms with Crippen molar-refractivity contribution in [2.75, 3.05) is 20.3 Å². The van der Waals surface area contributed by atoms with Crippen LogP contribution in [0.5, 0.6) is 5.75 Å². The molecule has 0 aliphatic heterocycles. The summed E-state index contributed by atoms with van der Waals surface area (Å²) >= 11 is 0. The van der Waals surface area contributed by atoms with E-state index in [1.54, 1.807) is 31.4 Å². The van der Waals surface area contributed by atoms with Crippen LogP contribution in [0.1, 0.15) is 5.56 Å². The number of hydrogen-bond acceptors (Lipinski definition) is 4. The highest BCUT2D eigenvalue weighted by molar-refractivity contribution is 8.13. The minimum absolute atomic E-state index is 0.174. The molecule has 0 saturated heterocycles. The Kier molecular flexibility index (Phi) is 5.05. The van der Waals surface area contributed by atoms with E-state index in [0.29, 0.717) is 24.5 Å². The lowest BCUT2D eigenvalue weighted by Crippen LogP contribution is -2.04. The van der Waals surface area contributed by atoms with E-state index in [9.17, 15) is 8.42 Å². The summed E-state index contributed by atoms with van der Waals surface area (Å²) in [5.74, 6) is 0.500. The molecular formula is C10H13ClO4S. The fraction of sp³-hybridized carbons (Fsp3) is 0.400. The maximum absolute atomic E-state index is 10.8. The summed E-state index contributed by atoms with van der Waals surface area (Å²) in [4.78, 5) is 0. The third-order valence-electron chi connectivity index (χ3n) is 1.82. The summed E-state index contributed by atoms with van der Waals surface area (Å²) in [5, 5.41) is 0. The highest BCUT2D eigenvalue weighted by Gasteiger charge is 2.06. The lowest BCUT2D eigenvalue weighted by molar-refractivity contribution is 0.146. The van der Waals surface area contributed by atoms with Crippen LogP contribution >= 0.6 is 10.7 Å². The summed E-state index contributed by atoms with van der Waals surface area (Å²) < 4.78 is 31.8. The zero-order chi connectivity index (χ0) is 12.0. The zero-order valence-corrected chi connectivity index (χ0v) is 10.4. The van der Waals surface area contributed by atoms with Gasteiger partial charge in [-0.25, -0.2) is 8.42 Å². The van der Waals surface area contributed by atoms with Crippen molar-refractivity contribution in [3.05, 3.63) is 29.8 Å². The Morgan fingerprint density at radius 1 is 1.19 bits per heavy atom. The van der Waals surface area contributed by atoms with Crippen molar-refractivity contribution in [2.45, 2.75) is 5.75 Å². The van der Waals surface area contributed by atoms with Gasteiger partial charge in [0.2, 0.25) is 9.05 Å². The minimum atomic E-state index is -3.50. The van der Waals surface area contributed by atoms with Crippen molar-refractivity contribution in [2.24, 2.45) is 0 Å². The highest BCUT2D eigenvalue weighted by atomic mass is 35.7. The molecule has 90 valence electrons. The van der Waals surface area contributed by atoms with Crippen molar-refractivity contribution < 1.29 is 17.9 Å². The fourth-order valence-electron chi connectivity index (χ4n) is 1.12. The monoisotopic (exact) mass is 264 g/mol. The Morgan fingerprint density at radius 3 is 2.31 bits per heavy atom. The second-order valence-corrected chi connectivity index (χ2v) is 5.95. The number of benzene rings is 1. The molecule has 0 aliphatic rings. The summed E-state index contributed by atoms with van der Waals surface area (Å²) in [6.07, 6.45) is 0. The summed E-state index contributed by atoms with van der Waals surface area (Å²) in [6.45, 7) is 0.974. The van der Waals surface area contributed by atoms with Gasteiger partial charge in [0.25, 0.3) is 0 Å². The first kappa shape index (κ1) is 13.3. The predicted octanol–water partition coefficient (Wildman–Crippen LogP) is 1.78. The van der Waals surface area contributed by atoms with Crippen molar-refractivity contribution in [3.8, 4) is 5.75 Å². The largest absolute Gasteiger partial charge is 0.491 e. The van der Waals surface area contributed by atoms with Gasteiger partial charge in [-0.2, -0.15) is 0 Å². The number of halogens is 1. The smallest absolute Gasteiger partial charge is 0.236 e. The standard InChI is InChI=1S/C10H13ClO4S/c1-14-6-7-15-10-4-2-9(3-5-10)8-16(11,12)13/h2-5H,6-8H2,1H3. The molecule has 0 aromatic heterocycles. The van der Waals surface area contributed by atoms with E-state index >= 15 is 0 Å². The Morgan fingerprint density at radius 2 is 1.81 bits per heavy atom. The van der Waals surface area contributed by atoms with E-state index in [1.807, 2.05) is 0 Å². The van der Waals surface area contributed by atoms with E-state index in [2.05, 4.69) is 0 Å². The Hall–Kier alpha value is -0.780. The first-order chi connectivity index (χ1) is 7.51. The summed E-state index contributed by atoms with van der Waals surface area (Å²) in [6, 6.07) is 6.74. The topological polar surface area (TPSA) is 52.6 Å². The number of hydrogen-bond donors (Lipinski definition) is 0. The molecule has 0 radical (unpaired) electrons. The average Bonchev–Trinajstić information content (AvgIpc) is 2.19. The van der Waals surface area contributed by atoms with Gasteiger partial charge in [-0.3, -0.25) is 0 Å². The maximum atomic E-state index is 10.8. The van der Waals surface area contributed by atoms with Gasteiger partial charge in [-0.1, -0.05) is 12.1 Å². The number of ether oxygens (including phenoxy) is 2. The molecule has 4 nitrogen and oxygen atoms in total. The third kappa shape index (κ3) is 5.34. The van der Waals surface area contributed by atoms with Crippen LogP contribution in [0.15, 0.2) is 24.3 Å². The van der Waals surface area contributed by atoms with Gasteiger partial charge in [0.1, 0.15) is 12.4 Å². The van der Waals surface area contributed by atoms with Crippen molar-refractivity contribution >= 4 is 19.7 Å². The lowest BCUT2D eigenvalue weighted by Gasteiger charge is -2.05. The maximum Gasteiger partial charge on any atom is 0.236 e. The molecule has 6 heteroatoms. The molecule has 0 N–H and O–H groups in total. The van der Waals surface area contributed by atoms with Crippen LogP contribution in [0.3, 0.4) is 0 Å². The van der Waals surface area contributed by atoms with Gasteiger partial charge < -0.3 is 9.47 Å². The van der Waals surface area contributed by atoms with Gasteiger partial charge in [0.05, 0.1) is 12.4 Å². The highest BCUT2D eigenvalue weighted by Crippen LogP contribution is 2.15. The van der Waals surface area contributed by atoms with E-state index < -0.39 is 9.05 Å². The molecule has 0 bridgehead atoms. The van der Waals surface area contributed by atoms with Crippen LogP contribution in [0.2, 0.25) is 0 Å². The van der Waals surface area contributed by atoms with Crippen molar-refractivity contribution in [1.29, 1.82) is 0 Å². The van der Waals surface area contributed by atoms with Gasteiger partial charge in [-0.15, -0.1) is 0 Å². The molecule has 1 aromatic rings. The SMILES string of the molecule is COCCOc1ccc(CS(=O)(=O)Cl)cc1. The van der Waals surface area contributed by atoms with Crippen LogP contribution in [-0.2, 0) is 19.5 Å². The Bertz CT molecular complexity index is 413. The van der Waals surface area contributed by atoms with Crippen molar-refractivity contribution in [3.63, 3.8) is 0 Å². The first-order valence-corrected chi connectivity index (χ1v) is 7.12. The molecule has 0 saturated carbocycles. The van der Waals surface area contributed by atoms with E-state index in [4.69, 9.17) is 20.2 Å². The molecule has 0 amide bonds. The second-order valence-electron chi connectivity index (χ2n) is 3.17. The minimum Gasteiger partial charge on any atom is -0.491 e. The molecule has 0 atom stereocenters. The van der Waals surface area contributed by atoms with Crippen LogP contribution in [0.25, 0.3) is 0 Å². The van der Waals surface area contributed by atoms with E-state index in [0.717, 1.165) is 0 Å². The Labute approximate surface area is 99.6 Å². The fourth-order valence-corrected chi connectivity index (χ4v) is 2.09. The second kappa shape index (κ2) is 6.08. The summed E-state index contributed by atoms with van der Waals surface area (Å²) in [5.41, 5.74) is 0.633. The molecular weight excluding hydrogens is 252 g/mol. The van der Waals surface area contributed by atoms with E-state index in [1.165, 1.54) is 0 Å². The lowest BCUT2D eigenvalue weighted by atomic mass is 10.2. The Balaban J connectivity index is 2.54. The van der Waals surface area contributed by atoms with Gasteiger partial charge in [-0.05, 0) is 17.7 Å². The van der Waals surface area contributed by atoms with Gasteiger partial charge in [0.15, 0.2) is 0 Å². The molecule has 0 heterocycles. The van der Waals surface area contributed by atoms with Crippen molar-refractivity contribution in [1.82, 2.24) is 0 Å². The molecule has 16 heavy (non-hydrogen) atoms. The van der Waals surface area contributed by atoms with E-state index in [-0.39, 0.29) is 5.75 Å². The number of methoxy groups -OCH3 is 1. The molecule has 1 aromatic carbocycles. The normalized spacial score (nSPS) is 11.4. The predicted molar refractivity (Wildman–Crippen MR) is 62.3 cm³/mol. The number of rotatable bonds is 6. The quantitative estimate of drug-likeness (QED) is 0.581. The first-order valence-electron chi connectivity index (χ1n) is 4.64. The third-order valence-corrected chi connectivity index (χ3v) is 2.82.